The summed E-state index contributed by atoms with van der Waals surface area (Å²) >= 11 is 5.87. The van der Waals surface area contributed by atoms with Crippen molar-refractivity contribution in [3.05, 3.63) is 47.2 Å². The molecule has 0 saturated carbocycles. The SMILES string of the molecule is COCCNc1nccn1CCc1ccc(Cl)cc1. The van der Waals surface area contributed by atoms with E-state index >= 15 is 0 Å². The standard InChI is InChI=1S/C14H18ClN3O/c1-19-11-8-17-14-16-7-10-18(14)9-6-12-2-4-13(15)5-3-12/h2-5,7,10H,6,8-9,11H2,1H3,(H,16,17). The summed E-state index contributed by atoms with van der Waals surface area (Å²) in [5.41, 5.74) is 1.26. The van der Waals surface area contributed by atoms with Crippen molar-refractivity contribution >= 4 is 17.5 Å². The Labute approximate surface area is 118 Å². The predicted octanol–water partition coefficient (Wildman–Crippen LogP) is 2.84. The third kappa shape index (κ3) is 4.26. The first kappa shape index (κ1) is 13.9. The Kier molecular flexibility index (Phi) is 5.24. The molecule has 1 N–H and O–H groups in total. The number of rotatable bonds is 7. The van der Waals surface area contributed by atoms with Crippen LogP contribution in [0.1, 0.15) is 5.56 Å². The fourth-order valence-electron chi connectivity index (χ4n) is 1.82. The molecule has 1 aromatic carbocycles. The number of halogens is 1. The largest absolute Gasteiger partial charge is 0.383 e. The first-order valence-electron chi connectivity index (χ1n) is 6.28. The van der Waals surface area contributed by atoms with Gasteiger partial charge in [0.1, 0.15) is 0 Å². The fraction of sp³-hybridized carbons (Fsp3) is 0.357. The summed E-state index contributed by atoms with van der Waals surface area (Å²) in [7, 11) is 1.69. The molecule has 0 radical (unpaired) electrons. The molecule has 0 atom stereocenters. The average Bonchev–Trinajstić information content (AvgIpc) is 2.86. The summed E-state index contributed by atoms with van der Waals surface area (Å²) in [5.74, 6) is 0.881. The van der Waals surface area contributed by atoms with Crippen molar-refractivity contribution in [3.8, 4) is 0 Å². The number of hydrogen-bond acceptors (Lipinski definition) is 3. The molecular weight excluding hydrogens is 262 g/mol. The highest BCUT2D eigenvalue weighted by Gasteiger charge is 2.02. The smallest absolute Gasteiger partial charge is 0.202 e. The van der Waals surface area contributed by atoms with Crippen LogP contribution >= 0.6 is 11.6 Å². The lowest BCUT2D eigenvalue weighted by Gasteiger charge is -2.09. The third-order valence-corrected chi connectivity index (χ3v) is 3.11. The first-order chi connectivity index (χ1) is 9.29. The topological polar surface area (TPSA) is 39.1 Å². The number of hydrogen-bond donors (Lipinski definition) is 1. The summed E-state index contributed by atoms with van der Waals surface area (Å²) in [5, 5.41) is 4.02. The van der Waals surface area contributed by atoms with E-state index in [0.29, 0.717) is 6.61 Å². The molecule has 1 aromatic heterocycles. The molecule has 102 valence electrons. The van der Waals surface area contributed by atoms with Crippen LogP contribution in [0, 0.1) is 0 Å². The minimum absolute atomic E-state index is 0.671. The summed E-state index contributed by atoms with van der Waals surface area (Å²) in [6.45, 7) is 2.31. The van der Waals surface area contributed by atoms with Crippen LogP contribution in [0.5, 0.6) is 0 Å². The monoisotopic (exact) mass is 279 g/mol. The minimum atomic E-state index is 0.671. The third-order valence-electron chi connectivity index (χ3n) is 2.86. The lowest BCUT2D eigenvalue weighted by atomic mass is 10.1. The van der Waals surface area contributed by atoms with Gasteiger partial charge >= 0.3 is 0 Å². The summed E-state index contributed by atoms with van der Waals surface area (Å²) in [4.78, 5) is 4.29. The molecule has 2 rings (SSSR count). The number of aryl methyl sites for hydroxylation is 2. The van der Waals surface area contributed by atoms with Gasteiger partial charge in [-0.2, -0.15) is 0 Å². The molecule has 0 saturated heterocycles. The van der Waals surface area contributed by atoms with Gasteiger partial charge in [-0.05, 0) is 24.1 Å². The highest BCUT2D eigenvalue weighted by atomic mass is 35.5. The molecule has 1 heterocycles. The van der Waals surface area contributed by atoms with E-state index in [2.05, 4.69) is 27.0 Å². The predicted molar refractivity (Wildman–Crippen MR) is 77.7 cm³/mol. The Hall–Kier alpha value is -1.52. The summed E-state index contributed by atoms with van der Waals surface area (Å²) < 4.78 is 7.11. The Morgan fingerprint density at radius 1 is 1.32 bits per heavy atom. The van der Waals surface area contributed by atoms with Gasteiger partial charge in [0.25, 0.3) is 0 Å². The highest BCUT2D eigenvalue weighted by molar-refractivity contribution is 6.30. The van der Waals surface area contributed by atoms with E-state index in [1.165, 1.54) is 5.56 Å². The number of aromatic nitrogens is 2. The Bertz CT molecular complexity index is 496. The van der Waals surface area contributed by atoms with Crippen molar-refractivity contribution in [3.63, 3.8) is 0 Å². The molecular formula is C14H18ClN3O. The number of anilines is 1. The van der Waals surface area contributed by atoms with Crippen LogP contribution < -0.4 is 5.32 Å². The van der Waals surface area contributed by atoms with Crippen LogP contribution in [0.3, 0.4) is 0 Å². The second-order valence-electron chi connectivity index (χ2n) is 4.24. The second-order valence-corrected chi connectivity index (χ2v) is 4.68. The molecule has 0 unspecified atom stereocenters. The van der Waals surface area contributed by atoms with Gasteiger partial charge in [-0.1, -0.05) is 23.7 Å². The van der Waals surface area contributed by atoms with Crippen LogP contribution in [0.4, 0.5) is 5.95 Å². The summed E-state index contributed by atoms with van der Waals surface area (Å²) in [6, 6.07) is 7.94. The molecule has 4 nitrogen and oxygen atoms in total. The van der Waals surface area contributed by atoms with Gasteiger partial charge in [-0.25, -0.2) is 4.98 Å². The molecule has 0 spiro atoms. The molecule has 5 heteroatoms. The van der Waals surface area contributed by atoms with E-state index < -0.39 is 0 Å². The zero-order valence-corrected chi connectivity index (χ0v) is 11.7. The van der Waals surface area contributed by atoms with Gasteiger partial charge in [0, 0.05) is 37.6 Å². The molecule has 2 aromatic rings. The van der Waals surface area contributed by atoms with E-state index in [9.17, 15) is 0 Å². The Morgan fingerprint density at radius 2 is 2.11 bits per heavy atom. The molecule has 0 aliphatic heterocycles. The number of nitrogens with zero attached hydrogens (tertiary/aromatic N) is 2. The van der Waals surface area contributed by atoms with Gasteiger partial charge in [0.2, 0.25) is 5.95 Å². The number of ether oxygens (including phenoxy) is 1. The average molecular weight is 280 g/mol. The second kappa shape index (κ2) is 7.16. The van der Waals surface area contributed by atoms with Crippen LogP contribution in [0.2, 0.25) is 5.02 Å². The minimum Gasteiger partial charge on any atom is -0.383 e. The van der Waals surface area contributed by atoms with Crippen molar-refractivity contribution in [1.82, 2.24) is 9.55 Å². The van der Waals surface area contributed by atoms with E-state index in [0.717, 1.165) is 30.5 Å². The summed E-state index contributed by atoms with van der Waals surface area (Å²) in [6.07, 6.45) is 4.73. The van der Waals surface area contributed by atoms with Crippen molar-refractivity contribution in [2.45, 2.75) is 13.0 Å². The lowest BCUT2D eigenvalue weighted by Crippen LogP contribution is -2.13. The van der Waals surface area contributed by atoms with Crippen LogP contribution in [0.15, 0.2) is 36.7 Å². The van der Waals surface area contributed by atoms with E-state index in [4.69, 9.17) is 16.3 Å². The number of methoxy groups -OCH3 is 1. The van der Waals surface area contributed by atoms with E-state index in [-0.39, 0.29) is 0 Å². The molecule has 0 amide bonds. The number of benzene rings is 1. The van der Waals surface area contributed by atoms with Gasteiger partial charge < -0.3 is 14.6 Å². The van der Waals surface area contributed by atoms with Gasteiger partial charge in [-0.3, -0.25) is 0 Å². The Balaban J connectivity index is 1.88. The quantitative estimate of drug-likeness (QED) is 0.792. The zero-order valence-electron chi connectivity index (χ0n) is 11.0. The van der Waals surface area contributed by atoms with Gasteiger partial charge in [0.15, 0.2) is 0 Å². The fourth-order valence-corrected chi connectivity index (χ4v) is 1.95. The van der Waals surface area contributed by atoms with Crippen molar-refractivity contribution in [2.24, 2.45) is 0 Å². The molecule has 0 aliphatic carbocycles. The van der Waals surface area contributed by atoms with Gasteiger partial charge in [-0.15, -0.1) is 0 Å². The number of nitrogens with one attached hydrogen (secondary N) is 1. The Morgan fingerprint density at radius 3 is 2.84 bits per heavy atom. The normalized spacial score (nSPS) is 10.6. The van der Waals surface area contributed by atoms with Crippen molar-refractivity contribution in [1.29, 1.82) is 0 Å². The first-order valence-corrected chi connectivity index (χ1v) is 6.66. The zero-order chi connectivity index (χ0) is 13.5. The molecule has 19 heavy (non-hydrogen) atoms. The van der Waals surface area contributed by atoms with E-state index in [1.54, 1.807) is 13.3 Å². The van der Waals surface area contributed by atoms with Crippen LogP contribution in [-0.4, -0.2) is 29.8 Å². The lowest BCUT2D eigenvalue weighted by molar-refractivity contribution is 0.210. The molecule has 0 fully saturated rings. The van der Waals surface area contributed by atoms with E-state index in [1.807, 2.05) is 18.3 Å². The maximum absolute atomic E-state index is 5.87. The maximum atomic E-state index is 5.87. The van der Waals surface area contributed by atoms with Crippen LogP contribution in [0.25, 0.3) is 0 Å². The van der Waals surface area contributed by atoms with Crippen molar-refractivity contribution < 1.29 is 4.74 Å². The molecule has 0 bridgehead atoms. The van der Waals surface area contributed by atoms with Gasteiger partial charge in [0.05, 0.1) is 6.61 Å². The number of imidazole rings is 1. The maximum Gasteiger partial charge on any atom is 0.202 e. The van der Waals surface area contributed by atoms with Crippen LogP contribution in [-0.2, 0) is 17.7 Å². The molecule has 0 aliphatic rings. The highest BCUT2D eigenvalue weighted by Crippen LogP contribution is 2.12. The van der Waals surface area contributed by atoms with Crippen molar-refractivity contribution in [2.75, 3.05) is 25.6 Å².